The van der Waals surface area contributed by atoms with E-state index in [2.05, 4.69) is 10.3 Å². The first-order valence-electron chi connectivity index (χ1n) is 7.08. The van der Waals surface area contributed by atoms with Gasteiger partial charge in [0.25, 0.3) is 5.56 Å². The summed E-state index contributed by atoms with van der Waals surface area (Å²) in [5, 5.41) is 11.6. The van der Waals surface area contributed by atoms with Crippen LogP contribution in [0.4, 0.5) is 5.95 Å². The lowest BCUT2D eigenvalue weighted by Gasteiger charge is -2.08. The molecule has 0 saturated heterocycles. The lowest BCUT2D eigenvalue weighted by molar-refractivity contribution is -0.136. The average Bonchev–Trinajstić information content (AvgIpc) is 2.83. The molecule has 0 saturated carbocycles. The summed E-state index contributed by atoms with van der Waals surface area (Å²) in [6.45, 7) is 4.70. The van der Waals surface area contributed by atoms with Crippen molar-refractivity contribution in [1.29, 1.82) is 0 Å². The first-order valence-corrected chi connectivity index (χ1v) is 7.08. The SMILES string of the molecule is CCn1c(NCCC(=O)O)nc2c1c(=O)n(C)c(=O)n2CC. The van der Waals surface area contributed by atoms with E-state index in [1.165, 1.54) is 11.6 Å². The van der Waals surface area contributed by atoms with Gasteiger partial charge in [-0.1, -0.05) is 0 Å². The van der Waals surface area contributed by atoms with Crippen LogP contribution in [-0.4, -0.2) is 36.3 Å². The van der Waals surface area contributed by atoms with Crippen LogP contribution in [0.3, 0.4) is 0 Å². The first-order chi connectivity index (χ1) is 10.4. The van der Waals surface area contributed by atoms with E-state index in [-0.39, 0.29) is 13.0 Å². The number of carboxylic acid groups (broad SMARTS) is 1. The van der Waals surface area contributed by atoms with Gasteiger partial charge in [0.15, 0.2) is 11.2 Å². The molecule has 0 spiro atoms. The summed E-state index contributed by atoms with van der Waals surface area (Å²) >= 11 is 0. The Hall–Kier alpha value is -2.58. The number of fused-ring (bicyclic) bond motifs is 1. The molecule has 0 amide bonds. The number of nitrogens with zero attached hydrogens (tertiary/aromatic N) is 4. The van der Waals surface area contributed by atoms with Crippen LogP contribution >= 0.6 is 0 Å². The van der Waals surface area contributed by atoms with E-state index >= 15 is 0 Å². The van der Waals surface area contributed by atoms with E-state index in [4.69, 9.17) is 5.11 Å². The number of imidazole rings is 1. The number of hydrogen-bond donors (Lipinski definition) is 2. The molecule has 2 heterocycles. The number of hydrogen-bond acceptors (Lipinski definition) is 5. The fourth-order valence-electron chi connectivity index (χ4n) is 2.37. The summed E-state index contributed by atoms with van der Waals surface area (Å²) < 4.78 is 4.14. The average molecular weight is 309 g/mol. The van der Waals surface area contributed by atoms with Gasteiger partial charge in [-0.2, -0.15) is 4.98 Å². The van der Waals surface area contributed by atoms with E-state index in [1.807, 2.05) is 6.92 Å². The highest BCUT2D eigenvalue weighted by molar-refractivity contribution is 5.74. The lowest BCUT2D eigenvalue weighted by Crippen LogP contribution is -2.38. The normalized spacial score (nSPS) is 11.0. The van der Waals surface area contributed by atoms with Crippen molar-refractivity contribution in [3.8, 4) is 0 Å². The smallest absolute Gasteiger partial charge is 0.332 e. The highest BCUT2D eigenvalue weighted by Crippen LogP contribution is 2.15. The lowest BCUT2D eigenvalue weighted by atomic mass is 10.4. The van der Waals surface area contributed by atoms with Crippen LogP contribution in [0.25, 0.3) is 11.2 Å². The Morgan fingerprint density at radius 1 is 1.23 bits per heavy atom. The molecule has 9 heteroatoms. The topological polar surface area (TPSA) is 111 Å². The second kappa shape index (κ2) is 6.04. The van der Waals surface area contributed by atoms with Crippen molar-refractivity contribution >= 4 is 23.1 Å². The standard InChI is InChI=1S/C13H19N5O4/c1-4-17-9-10(15-12(17)14-7-6-8(19)20)18(5-2)13(22)16(3)11(9)21/h4-7H2,1-3H3,(H,14,15)(H,19,20). The number of rotatable bonds is 6. The Morgan fingerprint density at radius 2 is 1.86 bits per heavy atom. The Morgan fingerprint density at radius 3 is 2.41 bits per heavy atom. The van der Waals surface area contributed by atoms with Crippen LogP contribution in [0.5, 0.6) is 0 Å². The first kappa shape index (κ1) is 15.8. The van der Waals surface area contributed by atoms with Crippen molar-refractivity contribution in [3.63, 3.8) is 0 Å². The van der Waals surface area contributed by atoms with Gasteiger partial charge < -0.3 is 15.0 Å². The molecule has 0 atom stereocenters. The third-order valence-electron chi connectivity index (χ3n) is 3.48. The van der Waals surface area contributed by atoms with Crippen molar-refractivity contribution in [2.45, 2.75) is 33.4 Å². The summed E-state index contributed by atoms with van der Waals surface area (Å²) in [7, 11) is 1.43. The highest BCUT2D eigenvalue weighted by Gasteiger charge is 2.18. The summed E-state index contributed by atoms with van der Waals surface area (Å²) in [6.07, 6.45) is -0.0640. The van der Waals surface area contributed by atoms with E-state index in [0.29, 0.717) is 30.2 Å². The summed E-state index contributed by atoms with van der Waals surface area (Å²) in [5.74, 6) is -0.531. The predicted octanol–water partition coefficient (Wildman–Crippen LogP) is -0.177. The Labute approximate surface area is 125 Å². The van der Waals surface area contributed by atoms with Gasteiger partial charge in [0, 0.05) is 26.7 Å². The van der Waals surface area contributed by atoms with Gasteiger partial charge >= 0.3 is 11.7 Å². The quantitative estimate of drug-likeness (QED) is 0.766. The molecule has 0 aliphatic rings. The molecular weight excluding hydrogens is 290 g/mol. The van der Waals surface area contributed by atoms with Gasteiger partial charge in [-0.25, -0.2) is 4.79 Å². The molecule has 0 aliphatic heterocycles. The molecule has 120 valence electrons. The van der Waals surface area contributed by atoms with Crippen molar-refractivity contribution in [3.05, 3.63) is 20.8 Å². The maximum atomic E-state index is 12.4. The number of carbonyl (C=O) groups is 1. The molecule has 0 aromatic carbocycles. The molecule has 2 aromatic rings. The molecule has 0 aliphatic carbocycles. The van der Waals surface area contributed by atoms with Crippen LogP contribution in [0.2, 0.25) is 0 Å². The van der Waals surface area contributed by atoms with Gasteiger partial charge in [-0.05, 0) is 13.8 Å². The molecule has 2 aromatic heterocycles. The van der Waals surface area contributed by atoms with Crippen molar-refractivity contribution in [2.24, 2.45) is 7.05 Å². The van der Waals surface area contributed by atoms with E-state index < -0.39 is 17.2 Å². The predicted molar refractivity (Wildman–Crippen MR) is 81.3 cm³/mol. The fourth-order valence-corrected chi connectivity index (χ4v) is 2.37. The highest BCUT2D eigenvalue weighted by atomic mass is 16.4. The molecule has 22 heavy (non-hydrogen) atoms. The van der Waals surface area contributed by atoms with E-state index in [0.717, 1.165) is 4.57 Å². The number of aromatic nitrogens is 4. The number of anilines is 1. The fraction of sp³-hybridized carbons (Fsp3) is 0.538. The summed E-state index contributed by atoms with van der Waals surface area (Å²) in [5.41, 5.74) is -0.178. The third-order valence-corrected chi connectivity index (χ3v) is 3.48. The monoisotopic (exact) mass is 309 g/mol. The Kier molecular flexibility index (Phi) is 4.34. The minimum atomic E-state index is -0.923. The van der Waals surface area contributed by atoms with Crippen molar-refractivity contribution in [1.82, 2.24) is 18.7 Å². The maximum absolute atomic E-state index is 12.4. The number of nitrogens with one attached hydrogen (secondary N) is 1. The van der Waals surface area contributed by atoms with Crippen LogP contribution in [0.15, 0.2) is 9.59 Å². The molecule has 0 radical (unpaired) electrons. The van der Waals surface area contributed by atoms with Crippen molar-refractivity contribution < 1.29 is 9.90 Å². The van der Waals surface area contributed by atoms with Crippen LogP contribution in [0, 0.1) is 0 Å². The zero-order chi connectivity index (χ0) is 16.4. The molecular formula is C13H19N5O4. The molecule has 9 nitrogen and oxygen atoms in total. The minimum Gasteiger partial charge on any atom is -0.481 e. The molecule has 0 unspecified atom stereocenters. The minimum absolute atomic E-state index is 0.0640. The van der Waals surface area contributed by atoms with Gasteiger partial charge in [0.1, 0.15) is 0 Å². The van der Waals surface area contributed by atoms with E-state index in [9.17, 15) is 14.4 Å². The van der Waals surface area contributed by atoms with Crippen molar-refractivity contribution in [2.75, 3.05) is 11.9 Å². The van der Waals surface area contributed by atoms with Gasteiger partial charge in [0.2, 0.25) is 5.95 Å². The van der Waals surface area contributed by atoms with Gasteiger partial charge in [0.05, 0.1) is 6.42 Å². The number of aliphatic carboxylic acids is 1. The Balaban J connectivity index is 2.65. The van der Waals surface area contributed by atoms with Crippen LogP contribution in [0.1, 0.15) is 20.3 Å². The zero-order valence-corrected chi connectivity index (χ0v) is 12.8. The van der Waals surface area contributed by atoms with Gasteiger partial charge in [-0.15, -0.1) is 0 Å². The zero-order valence-electron chi connectivity index (χ0n) is 12.8. The van der Waals surface area contributed by atoms with Gasteiger partial charge in [-0.3, -0.25) is 18.7 Å². The Bertz CT molecular complexity index is 830. The molecule has 2 N–H and O–H groups in total. The maximum Gasteiger partial charge on any atom is 0.332 e. The number of carboxylic acids is 1. The van der Waals surface area contributed by atoms with Crippen LogP contribution < -0.4 is 16.6 Å². The third kappa shape index (κ3) is 2.49. The second-order valence-corrected chi connectivity index (χ2v) is 4.81. The van der Waals surface area contributed by atoms with Crippen LogP contribution in [-0.2, 0) is 24.9 Å². The second-order valence-electron chi connectivity index (χ2n) is 4.81. The summed E-state index contributed by atoms with van der Waals surface area (Å²) in [4.78, 5) is 39.4. The van der Waals surface area contributed by atoms with E-state index in [1.54, 1.807) is 11.5 Å². The molecule has 2 rings (SSSR count). The summed E-state index contributed by atoms with van der Waals surface area (Å²) in [6, 6.07) is 0. The number of aryl methyl sites for hydroxylation is 2. The molecule has 0 fully saturated rings. The largest absolute Gasteiger partial charge is 0.481 e. The molecule has 0 bridgehead atoms.